The van der Waals surface area contributed by atoms with Crippen LogP contribution in [0.4, 0.5) is 4.39 Å². The number of rotatable bonds is 11. The summed E-state index contributed by atoms with van der Waals surface area (Å²) in [4.78, 5) is 17.2. The van der Waals surface area contributed by atoms with Crippen LogP contribution in [0.15, 0.2) is 79.1 Å². The lowest BCUT2D eigenvalue weighted by Crippen LogP contribution is -2.22. The molecule has 0 aliphatic heterocycles. The molecule has 0 radical (unpaired) electrons. The van der Waals surface area contributed by atoms with Gasteiger partial charge in [0.1, 0.15) is 12.4 Å². The summed E-state index contributed by atoms with van der Waals surface area (Å²) >= 11 is 0. The van der Waals surface area contributed by atoms with E-state index >= 15 is 0 Å². The monoisotopic (exact) mass is 513 g/mol. The zero-order valence-electron chi connectivity index (χ0n) is 21.9. The highest BCUT2D eigenvalue weighted by Crippen LogP contribution is 2.36. The molecule has 4 aromatic rings. The normalized spacial score (nSPS) is 12.1. The van der Waals surface area contributed by atoms with Gasteiger partial charge in [0, 0.05) is 45.7 Å². The quantitative estimate of drug-likeness (QED) is 0.216. The first kappa shape index (κ1) is 26.8. The molecule has 4 rings (SSSR count). The van der Waals surface area contributed by atoms with Crippen LogP contribution in [0, 0.1) is 5.95 Å². The molecule has 0 saturated carbocycles. The van der Waals surface area contributed by atoms with E-state index in [9.17, 15) is 9.18 Å². The van der Waals surface area contributed by atoms with Gasteiger partial charge in [-0.1, -0.05) is 31.2 Å². The van der Waals surface area contributed by atoms with Gasteiger partial charge in [-0.05, 0) is 70.7 Å². The topological polar surface area (TPSA) is 83.1 Å². The van der Waals surface area contributed by atoms with Crippen molar-refractivity contribution in [2.24, 2.45) is 0 Å². The van der Waals surface area contributed by atoms with Gasteiger partial charge in [0.05, 0.1) is 10.9 Å². The lowest BCUT2D eigenvalue weighted by molar-refractivity contribution is -0.123. The summed E-state index contributed by atoms with van der Waals surface area (Å²) in [5, 5.41) is 10.1. The number of nitrogens with zero attached hydrogens (tertiary/aromatic N) is 3. The standard InChI is InChI=1S/C30H32FN5O2/c1-4-25(21-13-16-33-17-14-21)29(23-9-12-27-26(20-23)30(31)35-34-27)22-7-10-24(11-8-22)38-19-18-32-15-5-6-28(37)36(2)3/h5-14,16-17,20,32H,4,15,18-19H2,1-3H3,(H,34,35). The van der Waals surface area contributed by atoms with Crippen LogP contribution >= 0.6 is 0 Å². The smallest absolute Gasteiger partial charge is 0.245 e. The number of pyridine rings is 1. The molecule has 2 aromatic carbocycles. The third-order valence-corrected chi connectivity index (χ3v) is 6.14. The number of likely N-dealkylation sites (N-methyl/N-ethyl adjacent to an activating group) is 1. The third kappa shape index (κ3) is 6.52. The number of aromatic amines is 1. The Morgan fingerprint density at radius 1 is 1.05 bits per heavy atom. The molecule has 2 heterocycles. The highest BCUT2D eigenvalue weighted by Gasteiger charge is 2.15. The molecule has 0 aliphatic rings. The van der Waals surface area contributed by atoms with Gasteiger partial charge in [0.2, 0.25) is 11.9 Å². The van der Waals surface area contributed by atoms with Crippen LogP contribution in [0.5, 0.6) is 5.75 Å². The van der Waals surface area contributed by atoms with E-state index in [1.165, 1.54) is 4.90 Å². The first-order valence-electron chi connectivity index (χ1n) is 12.6. The number of H-pyrrole nitrogens is 1. The van der Waals surface area contributed by atoms with E-state index in [0.29, 0.717) is 30.6 Å². The van der Waals surface area contributed by atoms with Crippen molar-refractivity contribution in [1.82, 2.24) is 25.4 Å². The molecule has 0 saturated heterocycles. The van der Waals surface area contributed by atoms with Gasteiger partial charge in [-0.2, -0.15) is 4.39 Å². The summed E-state index contributed by atoms with van der Waals surface area (Å²) in [6, 6.07) is 17.6. The van der Waals surface area contributed by atoms with Crippen LogP contribution in [0.25, 0.3) is 22.0 Å². The first-order valence-corrected chi connectivity index (χ1v) is 12.6. The largest absolute Gasteiger partial charge is 0.492 e. The molecule has 0 bridgehead atoms. The Hall–Kier alpha value is -4.30. The minimum Gasteiger partial charge on any atom is -0.492 e. The zero-order chi connectivity index (χ0) is 26.9. The van der Waals surface area contributed by atoms with Crippen LogP contribution in [-0.4, -0.2) is 59.8 Å². The van der Waals surface area contributed by atoms with Crippen molar-refractivity contribution in [2.45, 2.75) is 13.3 Å². The van der Waals surface area contributed by atoms with Gasteiger partial charge in [-0.15, -0.1) is 5.10 Å². The number of ether oxygens (including phenoxy) is 1. The molecule has 196 valence electrons. The molecule has 8 heteroatoms. The van der Waals surface area contributed by atoms with Crippen LogP contribution in [0.3, 0.4) is 0 Å². The van der Waals surface area contributed by atoms with Gasteiger partial charge in [-0.25, -0.2) is 0 Å². The van der Waals surface area contributed by atoms with E-state index < -0.39 is 5.95 Å². The van der Waals surface area contributed by atoms with E-state index in [-0.39, 0.29) is 5.91 Å². The second kappa shape index (κ2) is 12.8. The van der Waals surface area contributed by atoms with E-state index in [2.05, 4.69) is 27.4 Å². The molecular weight excluding hydrogens is 481 g/mol. The number of hydrogen-bond donors (Lipinski definition) is 2. The highest BCUT2D eigenvalue weighted by molar-refractivity contribution is 6.00. The Morgan fingerprint density at radius 3 is 2.50 bits per heavy atom. The van der Waals surface area contributed by atoms with Gasteiger partial charge in [0.25, 0.3) is 0 Å². The van der Waals surface area contributed by atoms with Crippen molar-refractivity contribution in [2.75, 3.05) is 33.8 Å². The predicted molar refractivity (Wildman–Crippen MR) is 149 cm³/mol. The lowest BCUT2D eigenvalue weighted by Gasteiger charge is -2.17. The van der Waals surface area contributed by atoms with Crippen LogP contribution in [-0.2, 0) is 4.79 Å². The fraction of sp³-hybridized carbons (Fsp3) is 0.233. The van der Waals surface area contributed by atoms with Crippen molar-refractivity contribution < 1.29 is 13.9 Å². The van der Waals surface area contributed by atoms with E-state index in [4.69, 9.17) is 4.74 Å². The van der Waals surface area contributed by atoms with Gasteiger partial charge >= 0.3 is 0 Å². The number of carbonyl (C=O) groups excluding carboxylic acids is 1. The number of halogens is 1. The molecule has 0 atom stereocenters. The SMILES string of the molecule is CCC(=C(c1ccc(OCCNCC=CC(=O)N(C)C)cc1)c1ccc2[nH]nc(F)c2c1)c1ccncc1. The Balaban J connectivity index is 1.53. The molecule has 0 aliphatic carbocycles. The molecule has 0 fully saturated rings. The molecule has 38 heavy (non-hydrogen) atoms. The van der Waals surface area contributed by atoms with Crippen molar-refractivity contribution in [3.05, 3.63) is 102 Å². The van der Waals surface area contributed by atoms with Crippen molar-refractivity contribution >= 4 is 28.0 Å². The minimum absolute atomic E-state index is 0.0402. The summed E-state index contributed by atoms with van der Waals surface area (Å²) in [5.41, 5.74) is 5.79. The lowest BCUT2D eigenvalue weighted by atomic mass is 9.88. The number of benzene rings is 2. The number of hydrogen-bond acceptors (Lipinski definition) is 5. The second-order valence-electron chi connectivity index (χ2n) is 8.93. The zero-order valence-corrected chi connectivity index (χ0v) is 21.9. The van der Waals surface area contributed by atoms with Gasteiger partial charge in [0.15, 0.2) is 0 Å². The highest BCUT2D eigenvalue weighted by atomic mass is 19.1. The number of nitrogens with one attached hydrogen (secondary N) is 2. The number of allylic oxidation sites excluding steroid dienone is 1. The predicted octanol–water partition coefficient (Wildman–Crippen LogP) is 5.08. The molecule has 2 aromatic heterocycles. The average molecular weight is 514 g/mol. The molecule has 0 spiro atoms. The maximum absolute atomic E-state index is 14.3. The Kier molecular flexibility index (Phi) is 9.00. The molecule has 1 amide bonds. The van der Waals surface area contributed by atoms with Crippen molar-refractivity contribution in [3.63, 3.8) is 0 Å². The number of aromatic nitrogens is 3. The minimum atomic E-state index is -0.514. The number of fused-ring (bicyclic) bond motifs is 1. The average Bonchev–Trinajstić information content (AvgIpc) is 3.31. The fourth-order valence-electron chi connectivity index (χ4n) is 4.18. The number of amides is 1. The maximum Gasteiger partial charge on any atom is 0.245 e. The molecule has 7 nitrogen and oxygen atoms in total. The molecule has 0 unspecified atom stereocenters. The second-order valence-corrected chi connectivity index (χ2v) is 8.93. The third-order valence-electron chi connectivity index (χ3n) is 6.14. The Labute approximate surface area is 222 Å². The van der Waals surface area contributed by atoms with Crippen molar-refractivity contribution in [3.8, 4) is 5.75 Å². The first-order chi connectivity index (χ1) is 18.5. The maximum atomic E-state index is 14.3. The van der Waals surface area contributed by atoms with E-state index in [0.717, 1.165) is 40.0 Å². The van der Waals surface area contributed by atoms with Gasteiger partial charge < -0.3 is 15.0 Å². The van der Waals surface area contributed by atoms with Crippen LogP contribution in [0.2, 0.25) is 0 Å². The van der Waals surface area contributed by atoms with Crippen LogP contribution < -0.4 is 10.1 Å². The van der Waals surface area contributed by atoms with Crippen molar-refractivity contribution in [1.29, 1.82) is 0 Å². The summed E-state index contributed by atoms with van der Waals surface area (Å²) in [6.45, 7) is 3.84. The Morgan fingerprint density at radius 2 is 1.79 bits per heavy atom. The molecular formula is C30H32FN5O2. The van der Waals surface area contributed by atoms with Gasteiger partial charge in [-0.3, -0.25) is 14.9 Å². The summed E-state index contributed by atoms with van der Waals surface area (Å²) in [6.07, 6.45) is 7.69. The van der Waals surface area contributed by atoms with Crippen LogP contribution in [0.1, 0.15) is 30.0 Å². The van der Waals surface area contributed by atoms with E-state index in [1.54, 1.807) is 38.6 Å². The molecule has 2 N–H and O–H groups in total. The number of carbonyl (C=O) groups is 1. The summed E-state index contributed by atoms with van der Waals surface area (Å²) in [5.74, 6) is 0.202. The van der Waals surface area contributed by atoms with E-state index in [1.807, 2.05) is 54.6 Å². The Bertz CT molecular complexity index is 1430. The summed E-state index contributed by atoms with van der Waals surface area (Å²) < 4.78 is 20.2. The summed E-state index contributed by atoms with van der Waals surface area (Å²) in [7, 11) is 3.44. The fourth-order valence-corrected chi connectivity index (χ4v) is 4.18.